The quantitative estimate of drug-likeness (QED) is 0.878. The molecule has 0 aromatic heterocycles. The molecule has 0 radical (unpaired) electrons. The van der Waals surface area contributed by atoms with E-state index in [1.807, 2.05) is 12.1 Å². The van der Waals surface area contributed by atoms with Crippen LogP contribution in [-0.4, -0.2) is 38.9 Å². The molecule has 1 N–H and O–H groups in total. The van der Waals surface area contributed by atoms with Crippen molar-refractivity contribution in [1.29, 1.82) is 0 Å². The van der Waals surface area contributed by atoms with Crippen LogP contribution in [0.3, 0.4) is 0 Å². The number of piperidine rings is 1. The molecule has 1 aromatic rings. The fraction of sp³-hybridized carbons (Fsp3) is 0.625. The monoisotopic (exact) mass is 310 g/mol. The zero-order chi connectivity index (χ0) is 15.3. The minimum Gasteiger partial charge on any atom is -0.313 e. The fourth-order valence-electron chi connectivity index (χ4n) is 2.79. The largest absolute Gasteiger partial charge is 0.313 e. The lowest BCUT2D eigenvalue weighted by Gasteiger charge is -2.27. The first-order chi connectivity index (χ1) is 10.0. The molecule has 1 heterocycles. The SMILES string of the molecule is CCCc1ccc(S(=O)(=O)N(C)CC2CCCCN2)cc1. The zero-order valence-corrected chi connectivity index (χ0v) is 13.8. The first-order valence-corrected chi connectivity index (χ1v) is 9.26. The molecule has 5 heteroatoms. The van der Waals surface area contributed by atoms with Crippen LogP contribution < -0.4 is 5.32 Å². The first-order valence-electron chi connectivity index (χ1n) is 7.82. The molecule has 4 nitrogen and oxygen atoms in total. The van der Waals surface area contributed by atoms with Crippen molar-refractivity contribution < 1.29 is 8.42 Å². The lowest BCUT2D eigenvalue weighted by atomic mass is 10.1. The summed E-state index contributed by atoms with van der Waals surface area (Å²) >= 11 is 0. The Morgan fingerprint density at radius 2 is 1.95 bits per heavy atom. The highest BCUT2D eigenvalue weighted by Gasteiger charge is 2.24. The number of nitrogens with zero attached hydrogens (tertiary/aromatic N) is 1. The molecular formula is C16H26N2O2S. The molecule has 0 spiro atoms. The Morgan fingerprint density at radius 3 is 2.52 bits per heavy atom. The minimum absolute atomic E-state index is 0.276. The van der Waals surface area contributed by atoms with E-state index in [0.717, 1.165) is 25.8 Å². The number of sulfonamides is 1. The van der Waals surface area contributed by atoms with Crippen molar-refractivity contribution in [3.05, 3.63) is 29.8 Å². The first kappa shape index (κ1) is 16.5. The maximum absolute atomic E-state index is 12.6. The summed E-state index contributed by atoms with van der Waals surface area (Å²) in [5.74, 6) is 0. The lowest BCUT2D eigenvalue weighted by molar-refractivity contribution is 0.337. The van der Waals surface area contributed by atoms with Gasteiger partial charge in [-0.15, -0.1) is 0 Å². The highest BCUT2D eigenvalue weighted by Crippen LogP contribution is 2.17. The minimum atomic E-state index is -3.38. The molecule has 1 saturated heterocycles. The highest BCUT2D eigenvalue weighted by atomic mass is 32.2. The normalized spacial score (nSPS) is 19.9. The molecule has 1 aromatic carbocycles. The third-order valence-electron chi connectivity index (χ3n) is 4.06. The predicted molar refractivity (Wildman–Crippen MR) is 85.9 cm³/mol. The van der Waals surface area contributed by atoms with E-state index < -0.39 is 10.0 Å². The van der Waals surface area contributed by atoms with E-state index in [0.29, 0.717) is 11.4 Å². The van der Waals surface area contributed by atoms with Crippen LogP contribution in [0.1, 0.15) is 38.2 Å². The van der Waals surface area contributed by atoms with Gasteiger partial charge in [0, 0.05) is 19.6 Å². The smallest absolute Gasteiger partial charge is 0.242 e. The Labute approximate surface area is 128 Å². The number of hydrogen-bond donors (Lipinski definition) is 1. The second-order valence-electron chi connectivity index (χ2n) is 5.83. The highest BCUT2D eigenvalue weighted by molar-refractivity contribution is 7.89. The van der Waals surface area contributed by atoms with E-state index in [1.165, 1.54) is 22.7 Å². The molecule has 118 valence electrons. The second kappa shape index (κ2) is 7.38. The predicted octanol–water partition coefficient (Wildman–Crippen LogP) is 2.40. The fourth-order valence-corrected chi connectivity index (χ4v) is 4.00. The summed E-state index contributed by atoms with van der Waals surface area (Å²) < 4.78 is 26.6. The molecule has 0 saturated carbocycles. The third-order valence-corrected chi connectivity index (χ3v) is 5.90. The van der Waals surface area contributed by atoms with E-state index in [2.05, 4.69) is 12.2 Å². The molecular weight excluding hydrogens is 284 g/mol. The van der Waals surface area contributed by atoms with Crippen LogP contribution in [0.4, 0.5) is 0 Å². The maximum atomic E-state index is 12.6. The molecule has 1 atom stereocenters. The van der Waals surface area contributed by atoms with Crippen molar-refractivity contribution >= 4 is 10.0 Å². The summed E-state index contributed by atoms with van der Waals surface area (Å²) in [5, 5.41) is 3.39. The third kappa shape index (κ3) is 4.28. The van der Waals surface area contributed by atoms with Gasteiger partial charge in [-0.3, -0.25) is 0 Å². The average molecular weight is 310 g/mol. The van der Waals surface area contributed by atoms with Gasteiger partial charge in [0.05, 0.1) is 4.90 Å². The summed E-state index contributed by atoms with van der Waals surface area (Å²) in [6, 6.07) is 7.57. The molecule has 0 bridgehead atoms. The van der Waals surface area contributed by atoms with E-state index >= 15 is 0 Å². The van der Waals surface area contributed by atoms with Crippen molar-refractivity contribution in [2.45, 2.75) is 50.0 Å². The lowest BCUT2D eigenvalue weighted by Crippen LogP contribution is -2.44. The van der Waals surface area contributed by atoms with Gasteiger partial charge in [0.25, 0.3) is 0 Å². The van der Waals surface area contributed by atoms with Crippen LogP contribution in [0.5, 0.6) is 0 Å². The van der Waals surface area contributed by atoms with Crippen LogP contribution in [0.25, 0.3) is 0 Å². The molecule has 1 fully saturated rings. The summed E-state index contributed by atoms with van der Waals surface area (Å²) in [5.41, 5.74) is 1.19. The van der Waals surface area contributed by atoms with Gasteiger partial charge in [-0.25, -0.2) is 8.42 Å². The topological polar surface area (TPSA) is 49.4 Å². The summed E-state index contributed by atoms with van der Waals surface area (Å²) in [4.78, 5) is 0.390. The second-order valence-corrected chi connectivity index (χ2v) is 7.87. The van der Waals surface area contributed by atoms with Crippen LogP contribution in [0.2, 0.25) is 0 Å². The number of benzene rings is 1. The molecule has 0 amide bonds. The number of aryl methyl sites for hydroxylation is 1. The Bertz CT molecular complexity index is 534. The Kier molecular flexibility index (Phi) is 5.79. The van der Waals surface area contributed by atoms with Crippen LogP contribution in [0.15, 0.2) is 29.2 Å². The molecule has 1 aliphatic rings. The molecule has 0 aliphatic carbocycles. The molecule has 1 unspecified atom stereocenters. The number of rotatable bonds is 6. The van der Waals surface area contributed by atoms with Crippen molar-refractivity contribution in [3.8, 4) is 0 Å². The van der Waals surface area contributed by atoms with Crippen LogP contribution in [-0.2, 0) is 16.4 Å². The van der Waals surface area contributed by atoms with E-state index in [-0.39, 0.29) is 6.04 Å². The van der Waals surface area contributed by atoms with Gasteiger partial charge in [-0.05, 0) is 43.5 Å². The van der Waals surface area contributed by atoms with Crippen molar-refractivity contribution in [3.63, 3.8) is 0 Å². The van der Waals surface area contributed by atoms with E-state index in [4.69, 9.17) is 0 Å². The average Bonchev–Trinajstić information content (AvgIpc) is 2.49. The standard InChI is InChI=1S/C16H26N2O2S/c1-3-6-14-8-10-16(11-9-14)21(19,20)18(2)13-15-7-4-5-12-17-15/h8-11,15,17H,3-7,12-13H2,1-2H3. The number of hydrogen-bond acceptors (Lipinski definition) is 3. The Morgan fingerprint density at radius 1 is 1.24 bits per heavy atom. The van der Waals surface area contributed by atoms with Crippen LogP contribution >= 0.6 is 0 Å². The van der Waals surface area contributed by atoms with Gasteiger partial charge in [0.15, 0.2) is 0 Å². The zero-order valence-electron chi connectivity index (χ0n) is 13.0. The number of likely N-dealkylation sites (N-methyl/N-ethyl adjacent to an activating group) is 1. The van der Waals surface area contributed by atoms with E-state index in [1.54, 1.807) is 19.2 Å². The van der Waals surface area contributed by atoms with Gasteiger partial charge in [0.2, 0.25) is 10.0 Å². The van der Waals surface area contributed by atoms with Crippen molar-refractivity contribution in [2.24, 2.45) is 0 Å². The van der Waals surface area contributed by atoms with Crippen LogP contribution in [0, 0.1) is 0 Å². The Balaban J connectivity index is 2.05. The molecule has 21 heavy (non-hydrogen) atoms. The van der Waals surface area contributed by atoms with Gasteiger partial charge in [-0.2, -0.15) is 4.31 Å². The maximum Gasteiger partial charge on any atom is 0.242 e. The molecule has 2 rings (SSSR count). The van der Waals surface area contributed by atoms with Gasteiger partial charge in [0.1, 0.15) is 0 Å². The van der Waals surface area contributed by atoms with Gasteiger partial charge < -0.3 is 5.32 Å². The van der Waals surface area contributed by atoms with Crippen molar-refractivity contribution in [2.75, 3.05) is 20.1 Å². The van der Waals surface area contributed by atoms with Crippen molar-refractivity contribution in [1.82, 2.24) is 9.62 Å². The van der Waals surface area contributed by atoms with Gasteiger partial charge in [-0.1, -0.05) is 31.9 Å². The van der Waals surface area contributed by atoms with E-state index in [9.17, 15) is 8.42 Å². The van der Waals surface area contributed by atoms with Gasteiger partial charge >= 0.3 is 0 Å². The summed E-state index contributed by atoms with van der Waals surface area (Å²) in [7, 11) is -1.70. The number of nitrogens with one attached hydrogen (secondary N) is 1. The summed E-state index contributed by atoms with van der Waals surface area (Å²) in [6.07, 6.45) is 5.47. The summed E-state index contributed by atoms with van der Waals surface area (Å²) in [6.45, 7) is 3.65. The Hall–Kier alpha value is -0.910. The molecule has 1 aliphatic heterocycles.